The van der Waals surface area contributed by atoms with Gasteiger partial charge < -0.3 is 42.7 Å². The number of phenolic OH excluding ortho intramolecular Hbond substituents is 1. The first kappa shape index (κ1) is 29.8. The minimum atomic E-state index is -1.56. The van der Waals surface area contributed by atoms with Crippen LogP contribution in [0.2, 0.25) is 0 Å². The van der Waals surface area contributed by atoms with Gasteiger partial charge in [-0.25, -0.2) is 4.79 Å². The quantitative estimate of drug-likeness (QED) is 0.134. The molecule has 3 amide bonds. The summed E-state index contributed by atoms with van der Waals surface area (Å²) in [5, 5.41) is 35.2. The SMILES string of the molecule is CC(C)C(NC(=O)C(N)CCCCN)C(=O)NC(Cc1ccc(O)cc1)C(=O)NC(CO)C(=O)O. The first-order valence-electron chi connectivity index (χ1n) is 11.5. The standard InChI is InChI=1S/C23H37N5O7/c1-13(2)19(28-20(31)16(25)5-3-4-10-24)22(33)26-17(11-14-6-8-15(30)9-7-14)21(32)27-18(12-29)23(34)35/h6-9,13,16-19,29-30H,3-5,10-12,24-25H2,1-2H3,(H,26,33)(H,27,32)(H,28,31)(H,34,35). The number of benzene rings is 1. The maximum atomic E-state index is 13.1. The van der Waals surface area contributed by atoms with E-state index in [0.29, 0.717) is 31.4 Å². The minimum Gasteiger partial charge on any atom is -0.508 e. The molecule has 12 heteroatoms. The van der Waals surface area contributed by atoms with Crippen molar-refractivity contribution >= 4 is 23.7 Å². The largest absolute Gasteiger partial charge is 0.508 e. The molecule has 0 fully saturated rings. The molecule has 0 heterocycles. The number of carboxylic acids is 1. The van der Waals surface area contributed by atoms with Gasteiger partial charge in [-0.2, -0.15) is 0 Å². The van der Waals surface area contributed by atoms with Crippen LogP contribution in [0.1, 0.15) is 38.7 Å². The smallest absolute Gasteiger partial charge is 0.328 e. The summed E-state index contributed by atoms with van der Waals surface area (Å²) in [5.41, 5.74) is 11.9. The average Bonchev–Trinajstić information content (AvgIpc) is 2.80. The summed E-state index contributed by atoms with van der Waals surface area (Å²) in [6.07, 6.45) is 1.74. The van der Waals surface area contributed by atoms with E-state index in [-0.39, 0.29) is 18.1 Å². The van der Waals surface area contributed by atoms with Crippen molar-refractivity contribution in [1.29, 1.82) is 0 Å². The lowest BCUT2D eigenvalue weighted by atomic mass is 10.00. The van der Waals surface area contributed by atoms with E-state index in [4.69, 9.17) is 16.6 Å². The number of amides is 3. The van der Waals surface area contributed by atoms with E-state index >= 15 is 0 Å². The third-order valence-corrected chi connectivity index (χ3v) is 5.36. The fourth-order valence-electron chi connectivity index (χ4n) is 3.23. The maximum absolute atomic E-state index is 13.1. The highest BCUT2D eigenvalue weighted by Gasteiger charge is 2.31. The summed E-state index contributed by atoms with van der Waals surface area (Å²) >= 11 is 0. The van der Waals surface area contributed by atoms with Gasteiger partial charge in [-0.05, 0) is 43.0 Å². The first-order valence-corrected chi connectivity index (χ1v) is 11.5. The summed E-state index contributed by atoms with van der Waals surface area (Å²) in [7, 11) is 0. The number of carbonyl (C=O) groups excluding carboxylic acids is 3. The Bertz CT molecular complexity index is 847. The Balaban J connectivity index is 3.02. The third kappa shape index (κ3) is 10.3. The predicted molar refractivity (Wildman–Crippen MR) is 128 cm³/mol. The molecule has 4 unspecified atom stereocenters. The minimum absolute atomic E-state index is 0.00962. The lowest BCUT2D eigenvalue weighted by Crippen LogP contribution is -2.59. The molecular formula is C23H37N5O7. The molecule has 0 radical (unpaired) electrons. The molecule has 0 aliphatic carbocycles. The van der Waals surface area contributed by atoms with Crippen LogP contribution >= 0.6 is 0 Å². The third-order valence-electron chi connectivity index (χ3n) is 5.36. The van der Waals surface area contributed by atoms with Gasteiger partial charge >= 0.3 is 5.97 Å². The highest BCUT2D eigenvalue weighted by atomic mass is 16.4. The van der Waals surface area contributed by atoms with Crippen LogP contribution in [-0.4, -0.2) is 76.3 Å². The highest BCUT2D eigenvalue weighted by molar-refractivity contribution is 5.94. The van der Waals surface area contributed by atoms with Crippen LogP contribution in [0.5, 0.6) is 5.75 Å². The Morgan fingerprint density at radius 2 is 1.51 bits per heavy atom. The number of aliphatic carboxylic acids is 1. The van der Waals surface area contributed by atoms with E-state index in [9.17, 15) is 29.4 Å². The molecular weight excluding hydrogens is 458 g/mol. The molecule has 0 bridgehead atoms. The second kappa shape index (κ2) is 14.9. The van der Waals surface area contributed by atoms with Crippen molar-refractivity contribution in [1.82, 2.24) is 16.0 Å². The number of aromatic hydroxyl groups is 1. The van der Waals surface area contributed by atoms with Crippen molar-refractivity contribution in [3.05, 3.63) is 29.8 Å². The number of carbonyl (C=O) groups is 4. The maximum Gasteiger partial charge on any atom is 0.328 e. The number of carboxylic acid groups (broad SMARTS) is 1. The lowest BCUT2D eigenvalue weighted by molar-refractivity contribution is -0.143. The van der Waals surface area contributed by atoms with Crippen molar-refractivity contribution in [2.75, 3.05) is 13.2 Å². The van der Waals surface area contributed by atoms with Gasteiger partial charge in [0.25, 0.3) is 0 Å². The van der Waals surface area contributed by atoms with Crippen LogP contribution in [0, 0.1) is 5.92 Å². The van der Waals surface area contributed by atoms with Crippen LogP contribution in [0.15, 0.2) is 24.3 Å². The molecule has 0 saturated heterocycles. The van der Waals surface area contributed by atoms with Gasteiger partial charge in [-0.1, -0.05) is 32.4 Å². The molecule has 4 atom stereocenters. The molecule has 196 valence electrons. The number of hydrogen-bond donors (Lipinski definition) is 8. The summed E-state index contributed by atoms with van der Waals surface area (Å²) in [4.78, 5) is 49.7. The van der Waals surface area contributed by atoms with E-state index < -0.39 is 54.5 Å². The van der Waals surface area contributed by atoms with E-state index in [1.165, 1.54) is 12.1 Å². The van der Waals surface area contributed by atoms with Gasteiger partial charge in [-0.3, -0.25) is 14.4 Å². The lowest BCUT2D eigenvalue weighted by Gasteiger charge is -2.27. The topological polar surface area (TPSA) is 217 Å². The fraction of sp³-hybridized carbons (Fsp3) is 0.565. The zero-order valence-electron chi connectivity index (χ0n) is 20.1. The monoisotopic (exact) mass is 495 g/mol. The number of nitrogens with one attached hydrogen (secondary N) is 3. The van der Waals surface area contributed by atoms with Crippen LogP contribution in [0.25, 0.3) is 0 Å². The van der Waals surface area contributed by atoms with Gasteiger partial charge in [0, 0.05) is 6.42 Å². The number of hydrogen-bond acceptors (Lipinski definition) is 8. The van der Waals surface area contributed by atoms with Crippen LogP contribution in [0.4, 0.5) is 0 Å². The molecule has 0 spiro atoms. The second-order valence-corrected chi connectivity index (χ2v) is 8.63. The van der Waals surface area contributed by atoms with Crippen LogP contribution in [0.3, 0.4) is 0 Å². The Morgan fingerprint density at radius 3 is 2.03 bits per heavy atom. The summed E-state index contributed by atoms with van der Waals surface area (Å²) in [6.45, 7) is 3.07. The zero-order valence-corrected chi connectivity index (χ0v) is 20.1. The van der Waals surface area contributed by atoms with E-state index in [0.717, 1.165) is 0 Å². The van der Waals surface area contributed by atoms with E-state index in [2.05, 4.69) is 16.0 Å². The van der Waals surface area contributed by atoms with Gasteiger partial charge in [0.1, 0.15) is 23.9 Å². The van der Waals surface area contributed by atoms with Gasteiger partial charge in [-0.15, -0.1) is 0 Å². The Hall–Kier alpha value is -3.22. The first-order chi connectivity index (χ1) is 16.5. The summed E-state index contributed by atoms with van der Waals surface area (Å²) in [6, 6.07) is 1.28. The molecule has 10 N–H and O–H groups in total. The average molecular weight is 496 g/mol. The molecule has 35 heavy (non-hydrogen) atoms. The molecule has 0 saturated carbocycles. The molecule has 12 nitrogen and oxygen atoms in total. The van der Waals surface area contributed by atoms with Gasteiger partial charge in [0.05, 0.1) is 12.6 Å². The molecule has 0 aliphatic rings. The van der Waals surface area contributed by atoms with Crippen molar-refractivity contribution in [3.63, 3.8) is 0 Å². The van der Waals surface area contributed by atoms with Gasteiger partial charge in [0.15, 0.2) is 0 Å². The second-order valence-electron chi connectivity index (χ2n) is 8.63. The summed E-state index contributed by atoms with van der Waals surface area (Å²) in [5.74, 6) is -3.78. The van der Waals surface area contributed by atoms with Crippen molar-refractivity contribution in [2.45, 2.75) is 63.7 Å². The Morgan fingerprint density at radius 1 is 0.914 bits per heavy atom. The zero-order chi connectivity index (χ0) is 26.5. The number of aliphatic hydroxyl groups is 1. The highest BCUT2D eigenvalue weighted by Crippen LogP contribution is 2.12. The normalized spacial score (nSPS) is 14.5. The number of unbranched alkanes of at least 4 members (excludes halogenated alkanes) is 1. The Labute approximate surface area is 204 Å². The van der Waals surface area contributed by atoms with E-state index in [1.54, 1.807) is 26.0 Å². The Kier molecular flexibility index (Phi) is 12.7. The van der Waals surface area contributed by atoms with Gasteiger partial charge in [0.2, 0.25) is 17.7 Å². The molecule has 0 aromatic heterocycles. The molecule has 1 aromatic carbocycles. The molecule has 1 aromatic rings. The van der Waals surface area contributed by atoms with E-state index in [1.807, 2.05) is 0 Å². The predicted octanol–water partition coefficient (Wildman–Crippen LogP) is -1.42. The molecule has 0 aliphatic heterocycles. The van der Waals surface area contributed by atoms with Crippen molar-refractivity contribution < 1.29 is 34.5 Å². The van der Waals surface area contributed by atoms with Crippen molar-refractivity contribution in [2.24, 2.45) is 17.4 Å². The van der Waals surface area contributed by atoms with Crippen LogP contribution < -0.4 is 27.4 Å². The number of aliphatic hydroxyl groups excluding tert-OH is 1. The number of nitrogens with two attached hydrogens (primary N) is 2. The summed E-state index contributed by atoms with van der Waals surface area (Å²) < 4.78 is 0. The number of rotatable bonds is 15. The fourth-order valence-corrected chi connectivity index (χ4v) is 3.23. The molecule has 1 rings (SSSR count). The van der Waals surface area contributed by atoms with Crippen LogP contribution in [-0.2, 0) is 25.6 Å². The number of phenols is 1. The van der Waals surface area contributed by atoms with Crippen molar-refractivity contribution in [3.8, 4) is 5.75 Å².